The standard InChI is InChI=1S/C20H22N2O2/c1-10-3-4-12(7-11(10)2)21-9-22-19(23)17-13-5-6-14(16-8-15(13)16)18(17)20(22)24/h3-7,13-18,21H,8-9H2,1-2H3/t13-,14-,15-,16+,17-,18-/m1/s1. The van der Waals surface area contributed by atoms with Crippen molar-refractivity contribution in [2.45, 2.75) is 20.3 Å². The van der Waals surface area contributed by atoms with Gasteiger partial charge in [0.05, 0.1) is 18.5 Å². The lowest BCUT2D eigenvalue weighted by Gasteiger charge is -2.37. The topological polar surface area (TPSA) is 49.4 Å². The summed E-state index contributed by atoms with van der Waals surface area (Å²) in [6.07, 6.45) is 5.63. The predicted octanol–water partition coefficient (Wildman–Crippen LogP) is 2.73. The quantitative estimate of drug-likeness (QED) is 0.688. The Kier molecular flexibility index (Phi) is 2.80. The Morgan fingerprint density at radius 1 is 1.00 bits per heavy atom. The van der Waals surface area contributed by atoms with Crippen molar-refractivity contribution in [3.63, 3.8) is 0 Å². The molecule has 0 spiro atoms. The van der Waals surface area contributed by atoms with Crippen LogP contribution in [0.4, 0.5) is 5.69 Å². The number of allylic oxidation sites excluding steroid dienone is 2. The van der Waals surface area contributed by atoms with E-state index >= 15 is 0 Å². The third kappa shape index (κ3) is 1.80. The molecule has 0 radical (unpaired) electrons. The average Bonchev–Trinajstić information content (AvgIpc) is 3.35. The van der Waals surface area contributed by atoms with E-state index in [9.17, 15) is 9.59 Å². The second-order valence-electron chi connectivity index (χ2n) is 7.89. The summed E-state index contributed by atoms with van der Waals surface area (Å²) < 4.78 is 0. The van der Waals surface area contributed by atoms with Crippen molar-refractivity contribution in [2.75, 3.05) is 12.0 Å². The van der Waals surface area contributed by atoms with Gasteiger partial charge in [-0.05, 0) is 67.2 Å². The minimum Gasteiger partial charge on any atom is -0.367 e. The second kappa shape index (κ2) is 4.71. The van der Waals surface area contributed by atoms with E-state index in [0.29, 0.717) is 23.7 Å². The van der Waals surface area contributed by atoms with Crippen molar-refractivity contribution in [3.8, 4) is 0 Å². The van der Waals surface area contributed by atoms with Crippen LogP contribution in [0.1, 0.15) is 17.5 Å². The van der Waals surface area contributed by atoms with Gasteiger partial charge in [-0.25, -0.2) is 0 Å². The molecule has 2 bridgehead atoms. The fraction of sp³-hybridized carbons (Fsp3) is 0.500. The van der Waals surface area contributed by atoms with E-state index in [-0.39, 0.29) is 30.3 Å². The first kappa shape index (κ1) is 14.3. The van der Waals surface area contributed by atoms with Crippen LogP contribution in [-0.4, -0.2) is 23.4 Å². The van der Waals surface area contributed by atoms with E-state index in [4.69, 9.17) is 0 Å². The van der Waals surface area contributed by atoms with Crippen LogP contribution in [-0.2, 0) is 9.59 Å². The number of benzene rings is 1. The van der Waals surface area contributed by atoms with Crippen LogP contribution >= 0.6 is 0 Å². The zero-order chi connectivity index (χ0) is 16.6. The van der Waals surface area contributed by atoms with Crippen molar-refractivity contribution in [1.82, 2.24) is 4.90 Å². The Morgan fingerprint density at radius 3 is 2.21 bits per heavy atom. The van der Waals surface area contributed by atoms with Gasteiger partial charge in [0.15, 0.2) is 0 Å². The van der Waals surface area contributed by atoms with Gasteiger partial charge in [0.1, 0.15) is 0 Å². The second-order valence-corrected chi connectivity index (χ2v) is 7.89. The molecule has 2 saturated carbocycles. The first-order valence-corrected chi connectivity index (χ1v) is 8.91. The van der Waals surface area contributed by atoms with Gasteiger partial charge < -0.3 is 5.32 Å². The number of carbonyl (C=O) groups excluding carboxylic acids is 2. The van der Waals surface area contributed by atoms with Crippen molar-refractivity contribution < 1.29 is 9.59 Å². The molecule has 1 saturated heterocycles. The van der Waals surface area contributed by atoms with Crippen molar-refractivity contribution in [3.05, 3.63) is 41.5 Å². The highest BCUT2D eigenvalue weighted by Crippen LogP contribution is 2.65. The zero-order valence-corrected chi connectivity index (χ0v) is 14.0. The van der Waals surface area contributed by atoms with Gasteiger partial charge >= 0.3 is 0 Å². The Morgan fingerprint density at radius 2 is 1.62 bits per heavy atom. The Hall–Kier alpha value is -2.10. The van der Waals surface area contributed by atoms with Gasteiger partial charge in [-0.3, -0.25) is 14.5 Å². The molecule has 1 aromatic carbocycles. The van der Waals surface area contributed by atoms with Gasteiger partial charge in [-0.1, -0.05) is 18.2 Å². The van der Waals surface area contributed by atoms with Crippen molar-refractivity contribution >= 4 is 17.5 Å². The molecule has 24 heavy (non-hydrogen) atoms. The molecule has 1 heterocycles. The van der Waals surface area contributed by atoms with Crippen LogP contribution < -0.4 is 5.32 Å². The maximum atomic E-state index is 12.9. The van der Waals surface area contributed by atoms with Crippen LogP contribution in [0.2, 0.25) is 0 Å². The molecule has 0 unspecified atom stereocenters. The Balaban J connectivity index is 1.36. The number of carbonyl (C=O) groups is 2. The van der Waals surface area contributed by atoms with Crippen LogP contribution in [0.5, 0.6) is 0 Å². The number of hydrogen-bond acceptors (Lipinski definition) is 3. The number of anilines is 1. The summed E-state index contributed by atoms with van der Waals surface area (Å²) in [5, 5.41) is 3.26. The predicted molar refractivity (Wildman–Crippen MR) is 91.0 cm³/mol. The van der Waals surface area contributed by atoms with Gasteiger partial charge in [0, 0.05) is 5.69 Å². The minimum absolute atomic E-state index is 0.0334. The number of likely N-dealkylation sites (tertiary alicyclic amines) is 1. The third-order valence-electron chi connectivity index (χ3n) is 6.70. The summed E-state index contributed by atoms with van der Waals surface area (Å²) in [6.45, 7) is 4.42. The van der Waals surface area contributed by atoms with Crippen LogP contribution in [0.3, 0.4) is 0 Å². The molecule has 3 fully saturated rings. The van der Waals surface area contributed by atoms with Crippen LogP contribution in [0.15, 0.2) is 30.4 Å². The van der Waals surface area contributed by atoms with E-state index in [2.05, 4.69) is 43.4 Å². The van der Waals surface area contributed by atoms with E-state index in [1.54, 1.807) is 0 Å². The summed E-state index contributed by atoms with van der Waals surface area (Å²) >= 11 is 0. The number of rotatable bonds is 3. The summed E-state index contributed by atoms with van der Waals surface area (Å²) in [6, 6.07) is 6.12. The lowest BCUT2D eigenvalue weighted by Crippen LogP contribution is -2.40. The lowest BCUT2D eigenvalue weighted by atomic mass is 9.63. The van der Waals surface area contributed by atoms with Crippen molar-refractivity contribution in [2.24, 2.45) is 35.5 Å². The molecule has 6 rings (SSSR count). The zero-order valence-electron chi connectivity index (χ0n) is 14.0. The molecule has 6 atom stereocenters. The number of hydrogen-bond donors (Lipinski definition) is 1. The van der Waals surface area contributed by atoms with Gasteiger partial charge in [-0.2, -0.15) is 0 Å². The molecule has 1 N–H and O–H groups in total. The normalized spacial score (nSPS) is 38.3. The molecule has 4 aliphatic carbocycles. The highest BCUT2D eigenvalue weighted by Gasteiger charge is 2.66. The molecule has 124 valence electrons. The first-order valence-electron chi connectivity index (χ1n) is 8.91. The lowest BCUT2D eigenvalue weighted by molar-refractivity contribution is -0.139. The number of nitrogens with zero attached hydrogens (tertiary/aromatic N) is 1. The van der Waals surface area contributed by atoms with E-state index in [0.717, 1.165) is 5.69 Å². The smallest absolute Gasteiger partial charge is 0.235 e. The SMILES string of the molecule is Cc1ccc(NCN2C(=O)[C@@H]3[C@@H]4C=C[C@H]([C@@H]5C[C@H]45)[C@H]3C2=O)cc1C. The van der Waals surface area contributed by atoms with Crippen LogP contribution in [0, 0.1) is 49.4 Å². The Bertz CT molecular complexity index is 748. The van der Waals surface area contributed by atoms with E-state index in [1.807, 2.05) is 6.07 Å². The summed E-state index contributed by atoms with van der Waals surface area (Å²) in [5.41, 5.74) is 3.40. The highest BCUT2D eigenvalue weighted by molar-refractivity contribution is 6.06. The maximum Gasteiger partial charge on any atom is 0.235 e. The molecule has 1 aliphatic heterocycles. The molecular weight excluding hydrogens is 300 g/mol. The molecule has 2 amide bonds. The average molecular weight is 322 g/mol. The fourth-order valence-corrected chi connectivity index (χ4v) is 5.20. The fourth-order valence-electron chi connectivity index (χ4n) is 5.20. The van der Waals surface area contributed by atoms with Crippen molar-refractivity contribution in [1.29, 1.82) is 0 Å². The molecule has 0 aromatic heterocycles. The van der Waals surface area contributed by atoms with Crippen LogP contribution in [0.25, 0.3) is 0 Å². The summed E-state index contributed by atoms with van der Waals surface area (Å²) in [7, 11) is 0. The molecular formula is C20H22N2O2. The molecule has 4 heteroatoms. The molecule has 1 aromatic rings. The third-order valence-corrected chi connectivity index (χ3v) is 6.70. The summed E-state index contributed by atoms with van der Waals surface area (Å²) in [4.78, 5) is 27.2. The van der Waals surface area contributed by atoms with Gasteiger partial charge in [0.25, 0.3) is 0 Å². The Labute approximate surface area is 141 Å². The van der Waals surface area contributed by atoms with Gasteiger partial charge in [-0.15, -0.1) is 0 Å². The number of imide groups is 1. The number of amides is 2. The maximum absolute atomic E-state index is 12.9. The first-order chi connectivity index (χ1) is 11.6. The van der Waals surface area contributed by atoms with Gasteiger partial charge in [0.2, 0.25) is 11.8 Å². The highest BCUT2D eigenvalue weighted by atomic mass is 16.2. The summed E-state index contributed by atoms with van der Waals surface area (Å²) in [5.74, 6) is 1.78. The van der Waals surface area contributed by atoms with E-state index < -0.39 is 0 Å². The minimum atomic E-state index is -0.0993. The number of aryl methyl sites for hydroxylation is 2. The molecule has 5 aliphatic rings. The largest absolute Gasteiger partial charge is 0.367 e. The van der Waals surface area contributed by atoms with E-state index in [1.165, 1.54) is 22.4 Å². The number of nitrogens with one attached hydrogen (secondary N) is 1. The monoisotopic (exact) mass is 322 g/mol. The molecule has 4 nitrogen and oxygen atoms in total.